The standard InChI is InChI=1S/C14H19N3O4/c1-2-10(8-18)15-12-6-3-9(7-13(12)17(20)21)14(19)16-11-4-5-11/h3,6-7,10-11,15,18H,2,4-5,8H2,1H3,(H,16,19)/t10-/m0/s1. The first-order chi connectivity index (χ1) is 10.0. The number of aliphatic hydroxyl groups is 1. The first-order valence-corrected chi connectivity index (χ1v) is 7.01. The lowest BCUT2D eigenvalue weighted by Gasteiger charge is -2.15. The highest BCUT2D eigenvalue weighted by atomic mass is 16.6. The van der Waals surface area contributed by atoms with Gasteiger partial charge in [0.1, 0.15) is 5.69 Å². The Morgan fingerprint density at radius 3 is 2.76 bits per heavy atom. The van der Waals surface area contributed by atoms with Crippen molar-refractivity contribution in [2.24, 2.45) is 0 Å². The van der Waals surface area contributed by atoms with Crippen molar-refractivity contribution in [3.05, 3.63) is 33.9 Å². The predicted molar refractivity (Wildman–Crippen MR) is 78.4 cm³/mol. The maximum atomic E-state index is 11.9. The highest BCUT2D eigenvalue weighted by Gasteiger charge is 2.25. The monoisotopic (exact) mass is 293 g/mol. The topological polar surface area (TPSA) is 104 Å². The molecule has 0 aliphatic heterocycles. The molecule has 1 aliphatic carbocycles. The van der Waals surface area contributed by atoms with Crippen molar-refractivity contribution in [2.45, 2.75) is 38.3 Å². The summed E-state index contributed by atoms with van der Waals surface area (Å²) in [4.78, 5) is 22.6. The molecule has 0 saturated heterocycles. The second-order valence-corrected chi connectivity index (χ2v) is 5.17. The molecule has 0 radical (unpaired) electrons. The predicted octanol–water partition coefficient (Wildman–Crippen LogP) is 1.67. The fourth-order valence-electron chi connectivity index (χ4n) is 1.94. The van der Waals surface area contributed by atoms with Crippen molar-refractivity contribution in [3.8, 4) is 0 Å². The highest BCUT2D eigenvalue weighted by molar-refractivity contribution is 5.96. The maximum absolute atomic E-state index is 11.9. The maximum Gasteiger partial charge on any atom is 0.293 e. The molecule has 114 valence electrons. The number of hydrogen-bond acceptors (Lipinski definition) is 5. The summed E-state index contributed by atoms with van der Waals surface area (Å²) in [7, 11) is 0. The van der Waals surface area contributed by atoms with Crippen LogP contribution in [0.5, 0.6) is 0 Å². The fraction of sp³-hybridized carbons (Fsp3) is 0.500. The number of nitrogens with one attached hydrogen (secondary N) is 2. The van der Waals surface area contributed by atoms with Crippen LogP contribution in [0.4, 0.5) is 11.4 Å². The number of carbonyl (C=O) groups is 1. The molecule has 21 heavy (non-hydrogen) atoms. The fourth-order valence-corrected chi connectivity index (χ4v) is 1.94. The van der Waals surface area contributed by atoms with Crippen molar-refractivity contribution in [3.63, 3.8) is 0 Å². The number of nitrogens with zero attached hydrogens (tertiary/aromatic N) is 1. The summed E-state index contributed by atoms with van der Waals surface area (Å²) >= 11 is 0. The molecule has 1 saturated carbocycles. The number of nitro groups is 1. The van der Waals surface area contributed by atoms with E-state index in [1.165, 1.54) is 12.1 Å². The zero-order valence-corrected chi connectivity index (χ0v) is 11.8. The molecule has 1 atom stereocenters. The van der Waals surface area contributed by atoms with Gasteiger partial charge in [-0.25, -0.2) is 0 Å². The van der Waals surface area contributed by atoms with Crippen LogP contribution >= 0.6 is 0 Å². The normalized spacial score (nSPS) is 15.3. The number of carbonyl (C=O) groups excluding carboxylic acids is 1. The number of benzene rings is 1. The van der Waals surface area contributed by atoms with Crippen LogP contribution in [0.25, 0.3) is 0 Å². The van der Waals surface area contributed by atoms with Gasteiger partial charge in [0.15, 0.2) is 0 Å². The smallest absolute Gasteiger partial charge is 0.293 e. The molecule has 2 rings (SSSR count). The number of anilines is 1. The number of nitro benzene ring substituents is 1. The third-order valence-electron chi connectivity index (χ3n) is 3.44. The van der Waals surface area contributed by atoms with Gasteiger partial charge in [-0.05, 0) is 31.4 Å². The van der Waals surface area contributed by atoms with Gasteiger partial charge in [0.05, 0.1) is 11.5 Å². The Balaban J connectivity index is 2.21. The molecule has 0 spiro atoms. The van der Waals surface area contributed by atoms with Gasteiger partial charge in [0.2, 0.25) is 0 Å². The van der Waals surface area contributed by atoms with Crippen LogP contribution < -0.4 is 10.6 Å². The lowest BCUT2D eigenvalue weighted by Crippen LogP contribution is -2.26. The second-order valence-electron chi connectivity index (χ2n) is 5.17. The SMILES string of the molecule is CC[C@@H](CO)Nc1ccc(C(=O)NC2CC2)cc1[N+](=O)[O-]. The molecule has 1 aromatic rings. The summed E-state index contributed by atoms with van der Waals surface area (Å²) in [6.07, 6.45) is 2.56. The third kappa shape index (κ3) is 3.91. The zero-order valence-electron chi connectivity index (χ0n) is 11.8. The average molecular weight is 293 g/mol. The van der Waals surface area contributed by atoms with Crippen LogP contribution in [0.15, 0.2) is 18.2 Å². The summed E-state index contributed by atoms with van der Waals surface area (Å²) in [6.45, 7) is 1.76. The van der Waals surface area contributed by atoms with Crippen molar-refractivity contribution < 1.29 is 14.8 Å². The van der Waals surface area contributed by atoms with Crippen LogP contribution in [0, 0.1) is 10.1 Å². The number of amides is 1. The van der Waals surface area contributed by atoms with E-state index in [0.29, 0.717) is 12.1 Å². The molecule has 0 heterocycles. The van der Waals surface area contributed by atoms with E-state index in [0.717, 1.165) is 12.8 Å². The Hall–Kier alpha value is -2.15. The molecule has 1 aliphatic rings. The minimum absolute atomic E-state index is 0.114. The number of hydrogen-bond donors (Lipinski definition) is 3. The molecule has 1 fully saturated rings. The molecular weight excluding hydrogens is 274 g/mol. The second kappa shape index (κ2) is 6.53. The Morgan fingerprint density at radius 2 is 2.24 bits per heavy atom. The van der Waals surface area contributed by atoms with Gasteiger partial charge in [-0.2, -0.15) is 0 Å². The number of aliphatic hydroxyl groups excluding tert-OH is 1. The van der Waals surface area contributed by atoms with Crippen molar-refractivity contribution in [2.75, 3.05) is 11.9 Å². The lowest BCUT2D eigenvalue weighted by molar-refractivity contribution is -0.384. The lowest BCUT2D eigenvalue weighted by atomic mass is 10.1. The van der Waals surface area contributed by atoms with Crippen LogP contribution in [0.1, 0.15) is 36.5 Å². The summed E-state index contributed by atoms with van der Waals surface area (Å²) in [5.74, 6) is -0.290. The third-order valence-corrected chi connectivity index (χ3v) is 3.44. The van der Waals surface area contributed by atoms with Gasteiger partial charge < -0.3 is 15.7 Å². The van der Waals surface area contributed by atoms with Crippen LogP contribution in [-0.2, 0) is 0 Å². The van der Waals surface area contributed by atoms with Gasteiger partial charge in [0.25, 0.3) is 11.6 Å². The minimum Gasteiger partial charge on any atom is -0.394 e. The Labute approximate surface area is 122 Å². The molecule has 0 bridgehead atoms. The molecule has 1 amide bonds. The average Bonchev–Trinajstić information content (AvgIpc) is 3.28. The van der Waals surface area contributed by atoms with E-state index in [1.54, 1.807) is 6.07 Å². The van der Waals surface area contributed by atoms with E-state index in [-0.39, 0.29) is 35.8 Å². The molecule has 0 aromatic heterocycles. The molecule has 3 N–H and O–H groups in total. The first-order valence-electron chi connectivity index (χ1n) is 7.01. The first kappa shape index (κ1) is 15.2. The summed E-state index contributed by atoms with van der Waals surface area (Å²) in [5.41, 5.74) is 0.422. The summed E-state index contributed by atoms with van der Waals surface area (Å²) in [5, 5.41) is 26.1. The molecular formula is C14H19N3O4. The Kier molecular flexibility index (Phi) is 4.74. The van der Waals surface area contributed by atoms with Gasteiger partial charge in [-0.1, -0.05) is 6.92 Å². The molecule has 0 unspecified atom stereocenters. The summed E-state index contributed by atoms with van der Waals surface area (Å²) < 4.78 is 0. The van der Waals surface area contributed by atoms with Crippen LogP contribution in [0.2, 0.25) is 0 Å². The van der Waals surface area contributed by atoms with E-state index >= 15 is 0 Å². The zero-order chi connectivity index (χ0) is 15.4. The van der Waals surface area contributed by atoms with Crippen LogP contribution in [-0.4, -0.2) is 34.6 Å². The quantitative estimate of drug-likeness (QED) is 0.524. The molecule has 7 nitrogen and oxygen atoms in total. The minimum atomic E-state index is -0.527. The van der Waals surface area contributed by atoms with Gasteiger partial charge in [0, 0.05) is 23.7 Å². The Bertz CT molecular complexity index is 539. The van der Waals surface area contributed by atoms with E-state index < -0.39 is 4.92 Å². The van der Waals surface area contributed by atoms with Gasteiger partial charge >= 0.3 is 0 Å². The van der Waals surface area contributed by atoms with Crippen molar-refractivity contribution in [1.82, 2.24) is 5.32 Å². The largest absolute Gasteiger partial charge is 0.394 e. The van der Waals surface area contributed by atoms with E-state index in [4.69, 9.17) is 5.11 Å². The van der Waals surface area contributed by atoms with Crippen molar-refractivity contribution in [1.29, 1.82) is 0 Å². The Morgan fingerprint density at radius 1 is 1.52 bits per heavy atom. The number of rotatable bonds is 7. The van der Waals surface area contributed by atoms with Gasteiger partial charge in [-0.15, -0.1) is 0 Å². The summed E-state index contributed by atoms with van der Waals surface area (Å²) in [6, 6.07) is 4.28. The highest BCUT2D eigenvalue weighted by Crippen LogP contribution is 2.27. The molecule has 7 heteroatoms. The molecule has 1 aromatic carbocycles. The van der Waals surface area contributed by atoms with E-state index in [9.17, 15) is 14.9 Å². The van der Waals surface area contributed by atoms with E-state index in [1.807, 2.05) is 6.92 Å². The van der Waals surface area contributed by atoms with Gasteiger partial charge in [-0.3, -0.25) is 14.9 Å². The van der Waals surface area contributed by atoms with Crippen LogP contribution in [0.3, 0.4) is 0 Å². The van der Waals surface area contributed by atoms with Crippen molar-refractivity contribution >= 4 is 17.3 Å². The van der Waals surface area contributed by atoms with E-state index in [2.05, 4.69) is 10.6 Å².